The van der Waals surface area contributed by atoms with Gasteiger partial charge in [-0.05, 0) is 54.2 Å². The standard InChI is InChI=1S/C23H30ClN3/c1-4-16(3)22-18(5-2)23(12-7-6-8-13-23)19-15-17(24)9-10-20(19)27(22)14-11-21(25)26/h5,9-10,15H,2-4,6-8,11-14H2,1H3,(H3,25,26). The first-order valence-corrected chi connectivity index (χ1v) is 10.3. The molecule has 0 bridgehead atoms. The molecule has 144 valence electrons. The summed E-state index contributed by atoms with van der Waals surface area (Å²) in [6, 6.07) is 6.22. The van der Waals surface area contributed by atoms with Crippen molar-refractivity contribution in [3.05, 3.63) is 64.9 Å². The van der Waals surface area contributed by atoms with Crippen molar-refractivity contribution in [2.24, 2.45) is 5.73 Å². The van der Waals surface area contributed by atoms with E-state index in [0.29, 0.717) is 13.0 Å². The van der Waals surface area contributed by atoms with Crippen molar-refractivity contribution in [1.29, 1.82) is 5.41 Å². The minimum absolute atomic E-state index is 0.0413. The Hall–Kier alpha value is -2.00. The highest BCUT2D eigenvalue weighted by Crippen LogP contribution is 2.54. The van der Waals surface area contributed by atoms with E-state index in [1.165, 1.54) is 41.8 Å². The smallest absolute Gasteiger partial charge is 0.0923 e. The molecule has 0 atom stereocenters. The largest absolute Gasteiger partial charge is 0.388 e. The molecular weight excluding hydrogens is 354 g/mol. The van der Waals surface area contributed by atoms with Crippen LogP contribution in [0.5, 0.6) is 0 Å². The normalized spacial score (nSPS) is 18.4. The lowest BCUT2D eigenvalue weighted by molar-refractivity contribution is 0.339. The van der Waals surface area contributed by atoms with Gasteiger partial charge in [0.05, 0.1) is 5.84 Å². The molecule has 1 aromatic carbocycles. The van der Waals surface area contributed by atoms with E-state index in [-0.39, 0.29) is 11.3 Å². The zero-order chi connectivity index (χ0) is 19.6. The fourth-order valence-corrected chi connectivity index (χ4v) is 4.94. The van der Waals surface area contributed by atoms with Crippen molar-refractivity contribution in [2.75, 3.05) is 11.4 Å². The van der Waals surface area contributed by atoms with Crippen molar-refractivity contribution in [3.8, 4) is 0 Å². The van der Waals surface area contributed by atoms with Gasteiger partial charge in [-0.15, -0.1) is 0 Å². The molecule has 3 nitrogen and oxygen atoms in total. The molecule has 0 aromatic heterocycles. The number of rotatable bonds is 6. The van der Waals surface area contributed by atoms with Gasteiger partial charge < -0.3 is 10.6 Å². The predicted octanol–water partition coefficient (Wildman–Crippen LogP) is 6.09. The molecule has 2 aliphatic rings. The van der Waals surface area contributed by atoms with Crippen LogP contribution in [0, 0.1) is 5.41 Å². The third-order valence-corrected chi connectivity index (χ3v) is 6.32. The quantitative estimate of drug-likeness (QED) is 0.461. The van der Waals surface area contributed by atoms with Crippen LogP contribution < -0.4 is 10.6 Å². The van der Waals surface area contributed by atoms with Gasteiger partial charge in [-0.25, -0.2) is 0 Å². The van der Waals surface area contributed by atoms with Gasteiger partial charge >= 0.3 is 0 Å². The molecule has 3 rings (SSSR count). The van der Waals surface area contributed by atoms with E-state index >= 15 is 0 Å². The van der Waals surface area contributed by atoms with Crippen molar-refractivity contribution in [2.45, 2.75) is 57.3 Å². The van der Waals surface area contributed by atoms with Crippen LogP contribution in [0.2, 0.25) is 5.02 Å². The first-order valence-electron chi connectivity index (χ1n) is 9.90. The number of nitrogens with one attached hydrogen (secondary N) is 1. The first-order chi connectivity index (χ1) is 12.9. The number of fused-ring (bicyclic) bond motifs is 2. The molecule has 1 fully saturated rings. The van der Waals surface area contributed by atoms with E-state index in [9.17, 15) is 0 Å². The van der Waals surface area contributed by atoms with Crippen LogP contribution in [0.25, 0.3) is 0 Å². The third-order valence-electron chi connectivity index (χ3n) is 6.08. The summed E-state index contributed by atoms with van der Waals surface area (Å²) >= 11 is 6.44. The van der Waals surface area contributed by atoms with E-state index in [0.717, 1.165) is 29.9 Å². The van der Waals surface area contributed by atoms with Crippen LogP contribution in [0.4, 0.5) is 5.69 Å². The Morgan fingerprint density at radius 1 is 1.33 bits per heavy atom. The summed E-state index contributed by atoms with van der Waals surface area (Å²) in [5, 5.41) is 8.47. The Morgan fingerprint density at radius 2 is 2.04 bits per heavy atom. The fourth-order valence-electron chi connectivity index (χ4n) is 4.76. The zero-order valence-electron chi connectivity index (χ0n) is 16.3. The molecule has 1 saturated carbocycles. The van der Waals surface area contributed by atoms with E-state index in [4.69, 9.17) is 22.7 Å². The Morgan fingerprint density at radius 3 is 2.63 bits per heavy atom. The van der Waals surface area contributed by atoms with Crippen LogP contribution in [-0.2, 0) is 5.41 Å². The number of amidine groups is 1. The van der Waals surface area contributed by atoms with Gasteiger partial charge in [-0.2, -0.15) is 0 Å². The van der Waals surface area contributed by atoms with Gasteiger partial charge in [-0.1, -0.05) is 57.0 Å². The van der Waals surface area contributed by atoms with Crippen LogP contribution in [0.1, 0.15) is 57.4 Å². The number of benzene rings is 1. The number of hydrogen-bond acceptors (Lipinski definition) is 2. The van der Waals surface area contributed by atoms with E-state index < -0.39 is 0 Å². The molecule has 0 unspecified atom stereocenters. The number of nitrogens with zero attached hydrogens (tertiary/aromatic N) is 1. The van der Waals surface area contributed by atoms with Gasteiger partial charge in [0.1, 0.15) is 0 Å². The minimum atomic E-state index is -0.0413. The third kappa shape index (κ3) is 3.45. The molecule has 1 aliphatic carbocycles. The summed E-state index contributed by atoms with van der Waals surface area (Å²) in [4.78, 5) is 2.29. The highest BCUT2D eigenvalue weighted by molar-refractivity contribution is 6.30. The number of anilines is 1. The minimum Gasteiger partial charge on any atom is -0.388 e. The highest BCUT2D eigenvalue weighted by Gasteiger charge is 2.44. The summed E-state index contributed by atoms with van der Waals surface area (Å²) in [5.41, 5.74) is 11.7. The second kappa shape index (κ2) is 7.93. The number of halogens is 1. The summed E-state index contributed by atoms with van der Waals surface area (Å²) in [5.74, 6) is 0.199. The van der Waals surface area contributed by atoms with Crippen molar-refractivity contribution < 1.29 is 0 Å². The lowest BCUT2D eigenvalue weighted by atomic mass is 9.62. The van der Waals surface area contributed by atoms with Gasteiger partial charge in [0, 0.05) is 34.8 Å². The first kappa shape index (κ1) is 19.8. The monoisotopic (exact) mass is 383 g/mol. The number of hydrogen-bond donors (Lipinski definition) is 2. The Kier molecular flexibility index (Phi) is 5.81. The van der Waals surface area contributed by atoms with Crippen LogP contribution in [0.3, 0.4) is 0 Å². The summed E-state index contributed by atoms with van der Waals surface area (Å²) < 4.78 is 0. The lowest BCUT2D eigenvalue weighted by Gasteiger charge is -2.49. The highest BCUT2D eigenvalue weighted by atomic mass is 35.5. The summed E-state index contributed by atoms with van der Waals surface area (Å²) in [6.07, 6.45) is 9.35. The van der Waals surface area contributed by atoms with E-state index in [1.54, 1.807) is 0 Å². The van der Waals surface area contributed by atoms with Crippen molar-refractivity contribution in [3.63, 3.8) is 0 Å². The maximum Gasteiger partial charge on any atom is 0.0923 e. The average molecular weight is 384 g/mol. The second-order valence-corrected chi connectivity index (χ2v) is 8.09. The molecule has 4 heteroatoms. The Balaban J connectivity index is 2.27. The molecule has 0 saturated heterocycles. The SMILES string of the molecule is C=CC1=C(C(=C)CC)N(CCC(=N)N)c2ccc(Cl)cc2C12CCCCC2. The number of allylic oxidation sites excluding steroid dienone is 3. The van der Waals surface area contributed by atoms with Gasteiger partial charge in [-0.3, -0.25) is 5.41 Å². The Bertz CT molecular complexity index is 800. The van der Waals surface area contributed by atoms with Gasteiger partial charge in [0.15, 0.2) is 0 Å². The van der Waals surface area contributed by atoms with E-state index in [2.05, 4.69) is 37.1 Å². The molecule has 1 heterocycles. The van der Waals surface area contributed by atoms with Gasteiger partial charge in [0.2, 0.25) is 0 Å². The van der Waals surface area contributed by atoms with Crippen molar-refractivity contribution in [1.82, 2.24) is 0 Å². The zero-order valence-corrected chi connectivity index (χ0v) is 17.0. The molecule has 1 aromatic rings. The molecule has 0 amide bonds. The molecule has 27 heavy (non-hydrogen) atoms. The average Bonchev–Trinajstić information content (AvgIpc) is 2.67. The maximum absolute atomic E-state index is 7.70. The van der Waals surface area contributed by atoms with Crippen LogP contribution in [-0.4, -0.2) is 12.4 Å². The second-order valence-electron chi connectivity index (χ2n) is 7.65. The molecular formula is C23H30ClN3. The van der Waals surface area contributed by atoms with E-state index in [1.807, 2.05) is 12.1 Å². The topological polar surface area (TPSA) is 53.1 Å². The number of nitrogens with two attached hydrogens (primary N) is 1. The maximum atomic E-state index is 7.70. The fraction of sp³-hybridized carbons (Fsp3) is 0.435. The molecule has 1 spiro atoms. The van der Waals surface area contributed by atoms with Crippen molar-refractivity contribution >= 4 is 23.1 Å². The molecule has 0 radical (unpaired) electrons. The van der Waals surface area contributed by atoms with Gasteiger partial charge in [0.25, 0.3) is 0 Å². The molecule has 3 N–H and O–H groups in total. The molecule has 1 aliphatic heterocycles. The summed E-state index contributed by atoms with van der Waals surface area (Å²) in [7, 11) is 0. The predicted molar refractivity (Wildman–Crippen MR) is 117 cm³/mol. The van der Waals surface area contributed by atoms with Crippen LogP contribution in [0.15, 0.2) is 54.3 Å². The Labute approximate surface area is 168 Å². The lowest BCUT2D eigenvalue weighted by Crippen LogP contribution is -2.42. The van der Waals surface area contributed by atoms with Crippen LogP contribution >= 0.6 is 11.6 Å². The summed E-state index contributed by atoms with van der Waals surface area (Å²) in [6.45, 7) is 11.4.